The lowest BCUT2D eigenvalue weighted by atomic mass is 9.81. The summed E-state index contributed by atoms with van der Waals surface area (Å²) in [5, 5.41) is 12.1. The van der Waals surface area contributed by atoms with Gasteiger partial charge in [-0.1, -0.05) is 26.8 Å². The standard InChI is InChI=1S/C13H19O/c1-8-7-9(2)11(13(4,5)6)12(14)10(8)3/h7H,1-6H3. The molecule has 0 heterocycles. The van der Waals surface area contributed by atoms with Crippen LogP contribution in [0, 0.1) is 20.8 Å². The van der Waals surface area contributed by atoms with E-state index in [0.29, 0.717) is 0 Å². The highest BCUT2D eigenvalue weighted by Crippen LogP contribution is 2.37. The predicted octanol–water partition coefficient (Wildman–Crippen LogP) is 4.05. The molecular weight excluding hydrogens is 172 g/mol. The Morgan fingerprint density at radius 2 is 1.50 bits per heavy atom. The summed E-state index contributed by atoms with van der Waals surface area (Å²) in [6.45, 7) is 12.2. The van der Waals surface area contributed by atoms with Crippen LogP contribution < -0.4 is 0 Å². The van der Waals surface area contributed by atoms with Gasteiger partial charge in [0.2, 0.25) is 0 Å². The van der Waals surface area contributed by atoms with Crippen LogP contribution >= 0.6 is 0 Å². The molecule has 0 aromatic heterocycles. The molecule has 0 aliphatic heterocycles. The van der Waals surface area contributed by atoms with Crippen molar-refractivity contribution in [1.29, 1.82) is 0 Å². The molecule has 1 rings (SSSR count). The smallest absolute Gasteiger partial charge is 0.185 e. The van der Waals surface area contributed by atoms with Crippen LogP contribution in [-0.4, -0.2) is 0 Å². The maximum Gasteiger partial charge on any atom is 0.185 e. The molecule has 0 fully saturated rings. The van der Waals surface area contributed by atoms with Crippen molar-refractivity contribution >= 4 is 0 Å². The van der Waals surface area contributed by atoms with Crippen molar-refractivity contribution in [3.05, 3.63) is 28.3 Å². The van der Waals surface area contributed by atoms with E-state index in [0.717, 1.165) is 22.3 Å². The first kappa shape index (κ1) is 11.1. The Hall–Kier alpha value is -0.980. The van der Waals surface area contributed by atoms with E-state index >= 15 is 0 Å². The van der Waals surface area contributed by atoms with Gasteiger partial charge in [-0.05, 0) is 42.9 Å². The molecule has 0 bridgehead atoms. The second-order valence-corrected chi connectivity index (χ2v) is 5.09. The van der Waals surface area contributed by atoms with Crippen LogP contribution in [0.4, 0.5) is 0 Å². The maximum absolute atomic E-state index is 12.1. The van der Waals surface area contributed by atoms with Gasteiger partial charge in [-0.15, -0.1) is 0 Å². The van der Waals surface area contributed by atoms with Crippen LogP contribution in [-0.2, 0) is 10.5 Å². The molecule has 0 unspecified atom stereocenters. The number of aryl methyl sites for hydroxylation is 2. The molecule has 0 amide bonds. The second kappa shape index (κ2) is 3.30. The Bertz CT molecular complexity index is 356. The van der Waals surface area contributed by atoms with Crippen molar-refractivity contribution in [1.82, 2.24) is 0 Å². The number of rotatable bonds is 0. The molecule has 0 spiro atoms. The van der Waals surface area contributed by atoms with E-state index in [4.69, 9.17) is 0 Å². The molecule has 14 heavy (non-hydrogen) atoms. The van der Waals surface area contributed by atoms with Crippen LogP contribution in [0.25, 0.3) is 0 Å². The molecule has 1 radical (unpaired) electrons. The minimum atomic E-state index is -0.0559. The summed E-state index contributed by atoms with van der Waals surface area (Å²) in [6, 6.07) is 2.11. The summed E-state index contributed by atoms with van der Waals surface area (Å²) in [5.74, 6) is 0.218. The van der Waals surface area contributed by atoms with Crippen molar-refractivity contribution in [2.45, 2.75) is 47.0 Å². The summed E-state index contributed by atoms with van der Waals surface area (Å²) < 4.78 is 0. The normalized spacial score (nSPS) is 11.9. The molecule has 0 saturated carbocycles. The molecule has 0 atom stereocenters. The van der Waals surface area contributed by atoms with Crippen molar-refractivity contribution in [3.8, 4) is 5.75 Å². The Morgan fingerprint density at radius 3 is 1.93 bits per heavy atom. The summed E-state index contributed by atoms with van der Waals surface area (Å²) in [4.78, 5) is 0. The zero-order chi connectivity index (χ0) is 11.1. The third kappa shape index (κ3) is 1.77. The molecule has 0 aliphatic carbocycles. The van der Waals surface area contributed by atoms with E-state index in [2.05, 4.69) is 26.8 Å². The highest BCUT2D eigenvalue weighted by Gasteiger charge is 2.23. The Morgan fingerprint density at radius 1 is 1.00 bits per heavy atom. The number of hydrogen-bond acceptors (Lipinski definition) is 0. The minimum absolute atomic E-state index is 0.0559. The van der Waals surface area contributed by atoms with Gasteiger partial charge in [0.05, 0.1) is 0 Å². The first-order chi connectivity index (χ1) is 6.25. The van der Waals surface area contributed by atoms with E-state index < -0.39 is 0 Å². The van der Waals surface area contributed by atoms with Gasteiger partial charge < -0.3 is 0 Å². The summed E-state index contributed by atoms with van der Waals surface area (Å²) in [6.07, 6.45) is 0. The van der Waals surface area contributed by atoms with Gasteiger partial charge in [0.1, 0.15) is 0 Å². The molecule has 0 aliphatic rings. The van der Waals surface area contributed by atoms with Crippen LogP contribution in [0.2, 0.25) is 0 Å². The summed E-state index contributed by atoms with van der Waals surface area (Å²) >= 11 is 0. The molecule has 0 N–H and O–H groups in total. The lowest BCUT2D eigenvalue weighted by Gasteiger charge is -2.23. The second-order valence-electron chi connectivity index (χ2n) is 5.09. The molecule has 0 saturated heterocycles. The molecule has 1 nitrogen and oxygen atoms in total. The van der Waals surface area contributed by atoms with Gasteiger partial charge in [-0.3, -0.25) is 5.11 Å². The van der Waals surface area contributed by atoms with Crippen LogP contribution in [0.1, 0.15) is 43.0 Å². The zero-order valence-electron chi connectivity index (χ0n) is 9.99. The van der Waals surface area contributed by atoms with Crippen LogP contribution in [0.5, 0.6) is 5.75 Å². The van der Waals surface area contributed by atoms with E-state index in [9.17, 15) is 5.11 Å². The van der Waals surface area contributed by atoms with Crippen molar-refractivity contribution < 1.29 is 5.11 Å². The van der Waals surface area contributed by atoms with Crippen molar-refractivity contribution in [2.24, 2.45) is 0 Å². The average molecular weight is 191 g/mol. The maximum atomic E-state index is 12.1. The minimum Gasteiger partial charge on any atom is -0.289 e. The Labute approximate surface area is 86.8 Å². The van der Waals surface area contributed by atoms with Gasteiger partial charge in [-0.25, -0.2) is 0 Å². The van der Waals surface area contributed by atoms with Crippen molar-refractivity contribution in [3.63, 3.8) is 0 Å². The summed E-state index contributed by atoms with van der Waals surface area (Å²) in [7, 11) is 0. The lowest BCUT2D eigenvalue weighted by Crippen LogP contribution is -2.14. The van der Waals surface area contributed by atoms with E-state index in [1.54, 1.807) is 0 Å². The topological polar surface area (TPSA) is 19.9 Å². The third-order valence-electron chi connectivity index (χ3n) is 2.74. The first-order valence-electron chi connectivity index (χ1n) is 5.03. The fraction of sp³-hybridized carbons (Fsp3) is 0.538. The zero-order valence-corrected chi connectivity index (χ0v) is 9.99. The Balaban J connectivity index is 3.53. The molecule has 1 aromatic rings. The number of hydrogen-bond donors (Lipinski definition) is 0. The molecular formula is C13H19O. The fourth-order valence-corrected chi connectivity index (χ4v) is 1.98. The molecule has 1 aromatic carbocycles. The fourth-order valence-electron chi connectivity index (χ4n) is 1.98. The van der Waals surface area contributed by atoms with Gasteiger partial charge in [-0.2, -0.15) is 0 Å². The Kier molecular flexibility index (Phi) is 2.62. The SMILES string of the molecule is Cc1cc(C)c(C(C)(C)C)c([O])c1C. The largest absolute Gasteiger partial charge is 0.289 e. The van der Waals surface area contributed by atoms with Crippen LogP contribution in [0.3, 0.4) is 0 Å². The molecule has 1 heteroatoms. The van der Waals surface area contributed by atoms with Gasteiger partial charge in [0.25, 0.3) is 0 Å². The summed E-state index contributed by atoms with van der Waals surface area (Å²) in [5.41, 5.74) is 4.01. The van der Waals surface area contributed by atoms with Crippen LogP contribution in [0.15, 0.2) is 6.07 Å². The molecule has 77 valence electrons. The lowest BCUT2D eigenvalue weighted by molar-refractivity contribution is 0.336. The first-order valence-corrected chi connectivity index (χ1v) is 5.03. The van der Waals surface area contributed by atoms with E-state index in [1.165, 1.54) is 0 Å². The number of benzene rings is 1. The van der Waals surface area contributed by atoms with Gasteiger partial charge in [0.15, 0.2) is 5.75 Å². The van der Waals surface area contributed by atoms with Crippen molar-refractivity contribution in [2.75, 3.05) is 0 Å². The highest BCUT2D eigenvalue weighted by atomic mass is 16.3. The van der Waals surface area contributed by atoms with E-state index in [1.807, 2.05) is 20.8 Å². The third-order valence-corrected chi connectivity index (χ3v) is 2.74. The van der Waals surface area contributed by atoms with Gasteiger partial charge >= 0.3 is 0 Å². The monoisotopic (exact) mass is 191 g/mol. The average Bonchev–Trinajstić information content (AvgIpc) is 1.97. The predicted molar refractivity (Wildman–Crippen MR) is 59.5 cm³/mol. The van der Waals surface area contributed by atoms with E-state index in [-0.39, 0.29) is 11.2 Å². The van der Waals surface area contributed by atoms with Gasteiger partial charge in [0, 0.05) is 5.56 Å². The highest BCUT2D eigenvalue weighted by molar-refractivity contribution is 5.51. The quantitative estimate of drug-likeness (QED) is 0.589.